The van der Waals surface area contributed by atoms with Gasteiger partial charge >= 0.3 is 0 Å². The number of halogens is 1. The molecule has 5 heteroatoms. The van der Waals surface area contributed by atoms with Crippen LogP contribution in [0, 0.1) is 0 Å². The lowest BCUT2D eigenvalue weighted by Crippen LogP contribution is -2.36. The summed E-state index contributed by atoms with van der Waals surface area (Å²) in [6, 6.07) is 5.76. The number of hydrogen-bond acceptors (Lipinski definition) is 3. The highest BCUT2D eigenvalue weighted by atomic mass is 35.5. The lowest BCUT2D eigenvalue weighted by atomic mass is 10.2. The van der Waals surface area contributed by atoms with Crippen molar-refractivity contribution in [2.75, 3.05) is 36.5 Å². The highest BCUT2D eigenvalue weighted by Gasteiger charge is 2.13. The number of unbranched alkanes of at least 4 members (excludes halogenated alkanes) is 1. The molecule has 0 atom stereocenters. The molecule has 1 aliphatic rings. The van der Waals surface area contributed by atoms with Gasteiger partial charge in [-0.15, -0.1) is 0 Å². The summed E-state index contributed by atoms with van der Waals surface area (Å²) in [6.45, 7) is 5.27. The van der Waals surface area contributed by atoms with Crippen molar-refractivity contribution < 1.29 is 9.53 Å². The minimum absolute atomic E-state index is 0.0212. The van der Waals surface area contributed by atoms with E-state index >= 15 is 0 Å². The highest BCUT2D eigenvalue weighted by molar-refractivity contribution is 6.33. The quantitative estimate of drug-likeness (QED) is 0.906. The number of amides is 1. The van der Waals surface area contributed by atoms with E-state index in [1.807, 2.05) is 18.2 Å². The van der Waals surface area contributed by atoms with Gasteiger partial charge in [-0.2, -0.15) is 0 Å². The number of ether oxygens (including phenoxy) is 1. The van der Waals surface area contributed by atoms with Crippen LogP contribution in [0.25, 0.3) is 0 Å². The third kappa shape index (κ3) is 4.12. The normalized spacial score (nSPS) is 15.2. The predicted molar refractivity (Wildman–Crippen MR) is 82.6 cm³/mol. The zero-order valence-electron chi connectivity index (χ0n) is 11.8. The van der Waals surface area contributed by atoms with Crippen LogP contribution in [0.3, 0.4) is 0 Å². The molecular weight excluding hydrogens is 276 g/mol. The van der Waals surface area contributed by atoms with Gasteiger partial charge in [-0.05, 0) is 24.6 Å². The van der Waals surface area contributed by atoms with Crippen molar-refractivity contribution >= 4 is 28.9 Å². The number of anilines is 2. The summed E-state index contributed by atoms with van der Waals surface area (Å²) in [5.74, 6) is 0.0212. The summed E-state index contributed by atoms with van der Waals surface area (Å²) in [5, 5.41) is 3.47. The van der Waals surface area contributed by atoms with Crippen molar-refractivity contribution in [3.8, 4) is 0 Å². The lowest BCUT2D eigenvalue weighted by Gasteiger charge is -2.29. The molecule has 1 saturated heterocycles. The number of nitrogens with one attached hydrogen (secondary N) is 1. The molecule has 0 bridgehead atoms. The molecule has 1 aliphatic heterocycles. The third-order valence-electron chi connectivity index (χ3n) is 3.36. The van der Waals surface area contributed by atoms with Gasteiger partial charge in [0.15, 0.2) is 0 Å². The van der Waals surface area contributed by atoms with E-state index in [2.05, 4.69) is 17.1 Å². The van der Waals surface area contributed by atoms with Gasteiger partial charge in [0.25, 0.3) is 0 Å². The maximum atomic E-state index is 11.8. The molecule has 1 heterocycles. The number of hydrogen-bond donors (Lipinski definition) is 1. The van der Waals surface area contributed by atoms with Gasteiger partial charge in [0.2, 0.25) is 5.91 Å². The fourth-order valence-electron chi connectivity index (χ4n) is 2.18. The number of carbonyl (C=O) groups excluding carboxylic acids is 1. The van der Waals surface area contributed by atoms with E-state index in [4.69, 9.17) is 16.3 Å². The second-order valence-electron chi connectivity index (χ2n) is 4.92. The Balaban J connectivity index is 2.05. The maximum Gasteiger partial charge on any atom is 0.224 e. The molecular formula is C15H21ClN2O2. The Hall–Kier alpha value is -1.26. The van der Waals surface area contributed by atoms with Gasteiger partial charge < -0.3 is 15.0 Å². The predicted octanol–water partition coefficient (Wildman–Crippen LogP) is 3.31. The van der Waals surface area contributed by atoms with Crippen molar-refractivity contribution in [3.05, 3.63) is 23.2 Å². The van der Waals surface area contributed by atoms with Gasteiger partial charge in [0.1, 0.15) is 0 Å². The van der Waals surface area contributed by atoms with E-state index < -0.39 is 0 Å². The molecule has 0 unspecified atom stereocenters. The number of nitrogens with zero attached hydrogens (tertiary/aromatic N) is 1. The summed E-state index contributed by atoms with van der Waals surface area (Å²) in [4.78, 5) is 14.0. The minimum atomic E-state index is 0.0212. The van der Waals surface area contributed by atoms with Crippen molar-refractivity contribution in [2.45, 2.75) is 26.2 Å². The Kier molecular flexibility index (Phi) is 5.68. The van der Waals surface area contributed by atoms with Gasteiger partial charge in [-0.1, -0.05) is 24.9 Å². The lowest BCUT2D eigenvalue weighted by molar-refractivity contribution is -0.116. The minimum Gasteiger partial charge on any atom is -0.378 e. The van der Waals surface area contributed by atoms with Crippen molar-refractivity contribution in [2.24, 2.45) is 0 Å². The molecule has 1 N–H and O–H groups in total. The average molecular weight is 297 g/mol. The van der Waals surface area contributed by atoms with Crippen LogP contribution in [0.5, 0.6) is 0 Å². The first-order chi connectivity index (χ1) is 9.70. The van der Waals surface area contributed by atoms with Crippen LogP contribution in [0.4, 0.5) is 11.4 Å². The second-order valence-corrected chi connectivity index (χ2v) is 5.32. The molecule has 0 saturated carbocycles. The Labute approximate surface area is 125 Å². The summed E-state index contributed by atoms with van der Waals surface area (Å²) < 4.78 is 5.35. The van der Waals surface area contributed by atoms with Gasteiger partial charge in [0, 0.05) is 25.2 Å². The standard InChI is InChI=1S/C15H21ClN2O2/c1-2-3-4-15(19)17-14-11-12(5-6-13(14)16)18-7-9-20-10-8-18/h5-6,11H,2-4,7-10H2,1H3,(H,17,19). The van der Waals surface area contributed by atoms with Gasteiger partial charge in [-0.25, -0.2) is 0 Å². The summed E-state index contributed by atoms with van der Waals surface area (Å²) in [6.07, 6.45) is 2.44. The van der Waals surface area contributed by atoms with E-state index in [1.54, 1.807) is 0 Å². The summed E-state index contributed by atoms with van der Waals surface area (Å²) in [5.41, 5.74) is 1.76. The number of morpholine rings is 1. The molecule has 4 nitrogen and oxygen atoms in total. The second kappa shape index (κ2) is 7.50. The van der Waals surface area contributed by atoms with Gasteiger partial charge in [-0.3, -0.25) is 4.79 Å². The molecule has 110 valence electrons. The molecule has 1 fully saturated rings. The fourth-order valence-corrected chi connectivity index (χ4v) is 2.34. The number of benzene rings is 1. The van der Waals surface area contributed by atoms with Crippen LogP contribution in [-0.2, 0) is 9.53 Å². The van der Waals surface area contributed by atoms with Crippen LogP contribution in [-0.4, -0.2) is 32.2 Å². The molecule has 1 aromatic rings. The van der Waals surface area contributed by atoms with Crippen LogP contribution in [0.1, 0.15) is 26.2 Å². The van der Waals surface area contributed by atoms with Crippen LogP contribution >= 0.6 is 11.6 Å². The van der Waals surface area contributed by atoms with Crippen molar-refractivity contribution in [3.63, 3.8) is 0 Å². The summed E-state index contributed by atoms with van der Waals surface area (Å²) >= 11 is 6.16. The zero-order chi connectivity index (χ0) is 14.4. The monoisotopic (exact) mass is 296 g/mol. The third-order valence-corrected chi connectivity index (χ3v) is 3.69. The molecule has 20 heavy (non-hydrogen) atoms. The Bertz CT molecular complexity index is 459. The maximum absolute atomic E-state index is 11.8. The van der Waals surface area contributed by atoms with E-state index in [-0.39, 0.29) is 5.91 Å². The molecule has 0 aromatic heterocycles. The van der Waals surface area contributed by atoms with E-state index in [9.17, 15) is 4.79 Å². The molecule has 1 amide bonds. The van der Waals surface area contributed by atoms with E-state index in [0.29, 0.717) is 17.1 Å². The Morgan fingerprint density at radius 1 is 1.40 bits per heavy atom. The highest BCUT2D eigenvalue weighted by Crippen LogP contribution is 2.28. The smallest absolute Gasteiger partial charge is 0.224 e. The van der Waals surface area contributed by atoms with Crippen LogP contribution in [0.15, 0.2) is 18.2 Å². The molecule has 0 spiro atoms. The number of rotatable bonds is 5. The van der Waals surface area contributed by atoms with E-state index in [1.165, 1.54) is 0 Å². The first-order valence-electron chi connectivity index (χ1n) is 7.13. The van der Waals surface area contributed by atoms with Crippen LogP contribution < -0.4 is 10.2 Å². The van der Waals surface area contributed by atoms with E-state index in [0.717, 1.165) is 44.8 Å². The average Bonchev–Trinajstić information content (AvgIpc) is 2.48. The van der Waals surface area contributed by atoms with Crippen molar-refractivity contribution in [1.82, 2.24) is 0 Å². The number of carbonyl (C=O) groups is 1. The molecule has 0 aliphatic carbocycles. The first kappa shape index (κ1) is 15.1. The molecule has 1 aromatic carbocycles. The van der Waals surface area contributed by atoms with Gasteiger partial charge in [0.05, 0.1) is 23.9 Å². The van der Waals surface area contributed by atoms with Crippen molar-refractivity contribution in [1.29, 1.82) is 0 Å². The fraction of sp³-hybridized carbons (Fsp3) is 0.533. The summed E-state index contributed by atoms with van der Waals surface area (Å²) in [7, 11) is 0. The molecule has 0 radical (unpaired) electrons. The SMILES string of the molecule is CCCCC(=O)Nc1cc(N2CCOCC2)ccc1Cl. The Morgan fingerprint density at radius 2 is 2.15 bits per heavy atom. The molecule has 2 rings (SSSR count). The largest absolute Gasteiger partial charge is 0.378 e. The Morgan fingerprint density at radius 3 is 2.85 bits per heavy atom. The topological polar surface area (TPSA) is 41.6 Å². The zero-order valence-corrected chi connectivity index (χ0v) is 12.6. The first-order valence-corrected chi connectivity index (χ1v) is 7.50. The van der Waals surface area contributed by atoms with Crippen LogP contribution in [0.2, 0.25) is 5.02 Å².